The Bertz CT molecular complexity index is 709. The molecular formula is C15H19NNaO8P. The number of esters is 1. The fourth-order valence-corrected chi connectivity index (χ4v) is 3.56. The number of aromatic carboxylic acids is 1. The molecule has 0 bridgehead atoms. The molecule has 0 amide bonds. The zero-order valence-electron chi connectivity index (χ0n) is 14.7. The first-order chi connectivity index (χ1) is 11.6. The van der Waals surface area contributed by atoms with E-state index in [1.54, 1.807) is 17.7 Å². The second kappa shape index (κ2) is 9.41. The van der Waals surface area contributed by atoms with Crippen LogP contribution in [0.25, 0.3) is 0 Å². The van der Waals surface area contributed by atoms with E-state index in [2.05, 4.69) is 4.52 Å². The van der Waals surface area contributed by atoms with Crippen LogP contribution in [0.5, 0.6) is 0 Å². The molecule has 0 radical (unpaired) electrons. The number of hydrogen-bond donors (Lipinski definition) is 1. The van der Waals surface area contributed by atoms with E-state index in [4.69, 9.17) is 9.63 Å². The second-order valence-corrected chi connectivity index (χ2v) is 7.28. The van der Waals surface area contributed by atoms with Crippen LogP contribution < -0.4 is 44.1 Å². The van der Waals surface area contributed by atoms with Gasteiger partial charge in [-0.25, -0.2) is 0 Å². The summed E-state index contributed by atoms with van der Waals surface area (Å²) < 4.78 is 22.3. The van der Waals surface area contributed by atoms with Gasteiger partial charge in [0.2, 0.25) is 0 Å². The van der Waals surface area contributed by atoms with Crippen LogP contribution in [-0.4, -0.2) is 29.5 Å². The van der Waals surface area contributed by atoms with Crippen LogP contribution in [-0.2, 0) is 18.6 Å². The van der Waals surface area contributed by atoms with Gasteiger partial charge in [-0.2, -0.15) is 4.57 Å². The summed E-state index contributed by atoms with van der Waals surface area (Å²) in [6.07, 6.45) is 2.78. The van der Waals surface area contributed by atoms with Crippen molar-refractivity contribution in [2.75, 3.05) is 6.61 Å². The number of carbonyl (C=O) groups excluding carboxylic acids is 2. The van der Waals surface area contributed by atoms with Gasteiger partial charge in [0.1, 0.15) is 0 Å². The van der Waals surface area contributed by atoms with Crippen molar-refractivity contribution in [1.29, 1.82) is 0 Å². The number of hydrogen-bond acceptors (Lipinski definition) is 7. The van der Waals surface area contributed by atoms with E-state index in [0.717, 1.165) is 0 Å². The van der Waals surface area contributed by atoms with E-state index in [1.807, 2.05) is 0 Å². The number of phosphoric ester groups is 1. The van der Waals surface area contributed by atoms with Crippen molar-refractivity contribution in [2.45, 2.75) is 32.4 Å². The first-order valence-electron chi connectivity index (χ1n) is 7.66. The zero-order chi connectivity index (χ0) is 18.8. The van der Waals surface area contributed by atoms with Crippen LogP contribution in [0, 0.1) is 11.8 Å². The molecule has 1 aliphatic rings. The van der Waals surface area contributed by atoms with Gasteiger partial charge in [0.15, 0.2) is 24.5 Å². The molecule has 1 aromatic heterocycles. The Labute approximate surface area is 172 Å². The number of phosphoric acid groups is 1. The molecule has 1 fully saturated rings. The molecule has 1 aliphatic carbocycles. The van der Waals surface area contributed by atoms with Crippen molar-refractivity contribution in [3.8, 4) is 0 Å². The van der Waals surface area contributed by atoms with E-state index in [0.29, 0.717) is 6.42 Å². The standard InChI is InChI=1S/C15H20NO8P.Na/c1-9-12(8-23-25(20,21)22)6-13(14(9)24-10(2)17)16-5-3-4-11(7-16)15(18)19;/h3-5,7,9,12-14H,6,8H2,1-2H3,(H2-,18,19,20,21,22);/q;+1/p-1/t9-,12-,13-,14-;/m1./s1. The van der Waals surface area contributed by atoms with Gasteiger partial charge in [-0.15, -0.1) is 0 Å². The minimum absolute atomic E-state index is 0. The predicted octanol–water partition coefficient (Wildman–Crippen LogP) is -4.05. The maximum Gasteiger partial charge on any atom is 1.00 e. The van der Waals surface area contributed by atoms with Crippen molar-refractivity contribution in [3.05, 3.63) is 30.1 Å². The van der Waals surface area contributed by atoms with E-state index < -0.39 is 31.9 Å². The summed E-state index contributed by atoms with van der Waals surface area (Å²) in [5, 5.41) is 11.0. The maximum absolute atomic E-state index is 11.4. The fraction of sp³-hybridized carbons (Fsp3) is 0.533. The number of nitrogens with zero attached hydrogens (tertiary/aromatic N) is 1. The molecule has 1 saturated carbocycles. The molecule has 0 aromatic carbocycles. The normalized spacial score (nSPS) is 27.2. The van der Waals surface area contributed by atoms with Gasteiger partial charge in [0.05, 0.1) is 18.1 Å². The van der Waals surface area contributed by atoms with E-state index in [-0.39, 0.29) is 53.6 Å². The van der Waals surface area contributed by atoms with Crippen LogP contribution in [0.15, 0.2) is 24.5 Å². The third-order valence-corrected chi connectivity index (χ3v) is 4.86. The molecule has 2 rings (SSSR count). The number of ether oxygens (including phenoxy) is 1. The number of carbonyl (C=O) groups is 2. The van der Waals surface area contributed by atoms with E-state index in [9.17, 15) is 24.2 Å². The number of carboxylic acids is 1. The molecular weight excluding hydrogens is 376 g/mol. The van der Waals surface area contributed by atoms with Gasteiger partial charge >= 0.3 is 35.5 Å². The summed E-state index contributed by atoms with van der Waals surface area (Å²) in [6.45, 7) is 2.78. The van der Waals surface area contributed by atoms with E-state index in [1.165, 1.54) is 25.3 Å². The van der Waals surface area contributed by atoms with Crippen molar-refractivity contribution in [2.24, 2.45) is 11.8 Å². The quantitative estimate of drug-likeness (QED) is 0.222. The topological polar surface area (TPSA) is 140 Å². The third kappa shape index (κ3) is 6.13. The molecule has 9 nitrogen and oxygen atoms in total. The van der Waals surface area contributed by atoms with Crippen LogP contribution in [0.1, 0.15) is 36.7 Å². The molecule has 0 spiro atoms. The molecule has 11 heteroatoms. The summed E-state index contributed by atoms with van der Waals surface area (Å²) in [4.78, 5) is 42.1. The van der Waals surface area contributed by atoms with Crippen LogP contribution in [0.4, 0.5) is 0 Å². The SMILES string of the molecule is CC(=O)O[C@@H]1[C@H](C)[C@@H](COP(=O)([O-])O)C[C@H]1[n+]1cccc(C(=O)[O-])c1.[Na+]. The number of carboxylic acid groups (broad SMARTS) is 1. The molecule has 26 heavy (non-hydrogen) atoms. The number of aromatic nitrogens is 1. The first-order valence-corrected chi connectivity index (χ1v) is 9.15. The van der Waals surface area contributed by atoms with Crippen LogP contribution in [0.2, 0.25) is 0 Å². The molecule has 1 unspecified atom stereocenters. The fourth-order valence-electron chi connectivity index (χ4n) is 3.18. The Balaban J connectivity index is 0.00000338. The summed E-state index contributed by atoms with van der Waals surface area (Å²) in [7, 11) is -4.86. The van der Waals surface area contributed by atoms with Crippen molar-refractivity contribution in [1.82, 2.24) is 0 Å². The Morgan fingerprint density at radius 1 is 1.46 bits per heavy atom. The molecule has 0 saturated heterocycles. The molecule has 1 heterocycles. The van der Waals surface area contributed by atoms with Gasteiger partial charge in [0, 0.05) is 25.3 Å². The van der Waals surface area contributed by atoms with Gasteiger partial charge in [-0.1, -0.05) is 6.92 Å². The average molecular weight is 395 g/mol. The molecule has 0 aliphatic heterocycles. The van der Waals surface area contributed by atoms with Crippen LogP contribution >= 0.6 is 7.82 Å². The van der Waals surface area contributed by atoms with Crippen molar-refractivity contribution >= 4 is 19.8 Å². The van der Waals surface area contributed by atoms with Crippen molar-refractivity contribution in [3.63, 3.8) is 0 Å². The van der Waals surface area contributed by atoms with Gasteiger partial charge < -0.3 is 28.9 Å². The second-order valence-electron chi connectivity index (χ2n) is 6.09. The maximum atomic E-state index is 11.4. The summed E-state index contributed by atoms with van der Waals surface area (Å²) in [5.41, 5.74) is -0.0316. The Hall–Kier alpha value is -0.800. The minimum Gasteiger partial charge on any atom is -0.756 e. The molecule has 1 aromatic rings. The average Bonchev–Trinajstić information content (AvgIpc) is 2.81. The van der Waals surface area contributed by atoms with Crippen molar-refractivity contribution < 1.29 is 72.4 Å². The molecule has 1 N–H and O–H groups in total. The van der Waals surface area contributed by atoms with Gasteiger partial charge in [-0.05, 0) is 12.0 Å². The molecule has 5 atom stereocenters. The van der Waals surface area contributed by atoms with E-state index >= 15 is 0 Å². The Morgan fingerprint density at radius 2 is 2.12 bits per heavy atom. The molecule has 138 valence electrons. The summed E-state index contributed by atoms with van der Waals surface area (Å²) in [6, 6.07) is 2.51. The minimum atomic E-state index is -4.86. The predicted molar refractivity (Wildman–Crippen MR) is 78.6 cm³/mol. The zero-order valence-corrected chi connectivity index (χ0v) is 17.6. The van der Waals surface area contributed by atoms with Crippen LogP contribution in [0.3, 0.4) is 0 Å². The Kier molecular flexibility index (Phi) is 8.41. The largest absolute Gasteiger partial charge is 1.00 e. The number of pyridine rings is 1. The summed E-state index contributed by atoms with van der Waals surface area (Å²) >= 11 is 0. The summed E-state index contributed by atoms with van der Waals surface area (Å²) in [5.74, 6) is -2.42. The Morgan fingerprint density at radius 3 is 2.65 bits per heavy atom. The van der Waals surface area contributed by atoms with Gasteiger partial charge in [-0.3, -0.25) is 9.36 Å². The first kappa shape index (κ1) is 23.2. The monoisotopic (exact) mass is 395 g/mol. The van der Waals surface area contributed by atoms with Gasteiger partial charge in [0.25, 0.3) is 7.82 Å². The number of rotatable bonds is 6. The smallest absolute Gasteiger partial charge is 0.756 e. The third-order valence-electron chi connectivity index (χ3n) is 4.38.